The first kappa shape index (κ1) is 10.1. The summed E-state index contributed by atoms with van der Waals surface area (Å²) in [6, 6.07) is 7.96. The van der Waals surface area contributed by atoms with E-state index in [9.17, 15) is 0 Å². The van der Waals surface area contributed by atoms with Gasteiger partial charge in [0, 0.05) is 18.2 Å². The molecule has 17 heavy (non-hydrogen) atoms. The summed E-state index contributed by atoms with van der Waals surface area (Å²) in [5.41, 5.74) is 8.71. The van der Waals surface area contributed by atoms with Crippen molar-refractivity contribution in [3.8, 4) is 17.0 Å². The molecule has 2 N–H and O–H groups in total. The molecule has 0 saturated heterocycles. The van der Waals surface area contributed by atoms with E-state index in [1.54, 1.807) is 6.20 Å². The SMILES string of the molecule is CC1Cc2cc(-c3ccnc(N)n3)ccc2O1. The quantitative estimate of drug-likeness (QED) is 0.810. The van der Waals surface area contributed by atoms with Crippen LogP contribution in [0.25, 0.3) is 11.3 Å². The standard InChI is InChI=1S/C13H13N3O/c1-8-6-10-7-9(2-3-12(10)17-8)11-4-5-15-13(14)16-11/h2-5,7-8H,6H2,1H3,(H2,14,15,16). The van der Waals surface area contributed by atoms with Crippen molar-refractivity contribution in [1.29, 1.82) is 0 Å². The Labute approximate surface area is 99.5 Å². The first-order valence-corrected chi connectivity index (χ1v) is 5.61. The van der Waals surface area contributed by atoms with Gasteiger partial charge in [0.15, 0.2) is 0 Å². The number of fused-ring (bicyclic) bond motifs is 1. The van der Waals surface area contributed by atoms with Crippen molar-refractivity contribution >= 4 is 5.95 Å². The topological polar surface area (TPSA) is 61.0 Å². The maximum absolute atomic E-state index is 5.66. The Bertz CT molecular complexity index is 568. The number of nitrogens with zero attached hydrogens (tertiary/aromatic N) is 2. The number of hydrogen-bond acceptors (Lipinski definition) is 4. The smallest absolute Gasteiger partial charge is 0.220 e. The molecule has 0 bridgehead atoms. The van der Waals surface area contributed by atoms with E-state index in [0.717, 1.165) is 23.4 Å². The van der Waals surface area contributed by atoms with Crippen molar-refractivity contribution in [1.82, 2.24) is 9.97 Å². The van der Waals surface area contributed by atoms with Gasteiger partial charge in [-0.3, -0.25) is 0 Å². The zero-order valence-corrected chi connectivity index (χ0v) is 9.55. The van der Waals surface area contributed by atoms with Gasteiger partial charge in [-0.15, -0.1) is 0 Å². The number of nitrogen functional groups attached to an aromatic ring is 1. The van der Waals surface area contributed by atoms with E-state index in [0.29, 0.717) is 5.95 Å². The van der Waals surface area contributed by atoms with Gasteiger partial charge in [-0.1, -0.05) is 0 Å². The summed E-state index contributed by atoms with van der Waals surface area (Å²) in [4.78, 5) is 8.11. The minimum Gasteiger partial charge on any atom is -0.490 e. The maximum atomic E-state index is 5.66. The molecule has 1 aromatic heterocycles. The molecule has 0 spiro atoms. The summed E-state index contributed by atoms with van der Waals surface area (Å²) in [5, 5.41) is 0. The minimum absolute atomic E-state index is 0.260. The average Bonchev–Trinajstić information content (AvgIpc) is 2.68. The van der Waals surface area contributed by atoms with Crippen molar-refractivity contribution in [3.05, 3.63) is 36.0 Å². The van der Waals surface area contributed by atoms with Crippen LogP contribution in [0.1, 0.15) is 12.5 Å². The Morgan fingerprint density at radius 1 is 1.35 bits per heavy atom. The van der Waals surface area contributed by atoms with Gasteiger partial charge in [0.05, 0.1) is 5.69 Å². The van der Waals surface area contributed by atoms with Gasteiger partial charge in [0.2, 0.25) is 5.95 Å². The zero-order chi connectivity index (χ0) is 11.8. The van der Waals surface area contributed by atoms with Crippen LogP contribution in [0.4, 0.5) is 5.95 Å². The first-order valence-electron chi connectivity index (χ1n) is 5.61. The van der Waals surface area contributed by atoms with Crippen molar-refractivity contribution < 1.29 is 4.74 Å². The third-order valence-electron chi connectivity index (χ3n) is 2.87. The summed E-state index contributed by atoms with van der Waals surface area (Å²) in [6.45, 7) is 2.07. The lowest BCUT2D eigenvalue weighted by Gasteiger charge is -2.04. The predicted molar refractivity (Wildman–Crippen MR) is 65.7 cm³/mol. The van der Waals surface area contributed by atoms with Crippen LogP contribution in [0.3, 0.4) is 0 Å². The Morgan fingerprint density at radius 2 is 2.24 bits per heavy atom. The van der Waals surface area contributed by atoms with Gasteiger partial charge >= 0.3 is 0 Å². The summed E-state index contributed by atoms with van der Waals surface area (Å²) in [5.74, 6) is 1.27. The lowest BCUT2D eigenvalue weighted by Crippen LogP contribution is -2.05. The molecule has 0 radical (unpaired) electrons. The molecule has 3 rings (SSSR count). The van der Waals surface area contributed by atoms with Crippen molar-refractivity contribution in [3.63, 3.8) is 0 Å². The monoisotopic (exact) mass is 227 g/mol. The van der Waals surface area contributed by atoms with E-state index in [1.165, 1.54) is 5.56 Å². The summed E-state index contributed by atoms with van der Waals surface area (Å²) in [7, 11) is 0. The van der Waals surface area contributed by atoms with Crippen LogP contribution in [0.2, 0.25) is 0 Å². The van der Waals surface area contributed by atoms with Crippen LogP contribution in [0, 0.1) is 0 Å². The highest BCUT2D eigenvalue weighted by Crippen LogP contribution is 2.32. The fourth-order valence-electron chi connectivity index (χ4n) is 2.12. The largest absolute Gasteiger partial charge is 0.490 e. The maximum Gasteiger partial charge on any atom is 0.220 e. The number of nitrogens with two attached hydrogens (primary N) is 1. The molecule has 2 heterocycles. The van der Waals surface area contributed by atoms with E-state index in [1.807, 2.05) is 18.2 Å². The highest BCUT2D eigenvalue weighted by molar-refractivity contribution is 5.63. The summed E-state index contributed by atoms with van der Waals surface area (Å²) < 4.78 is 5.66. The molecule has 4 nitrogen and oxygen atoms in total. The molecule has 0 amide bonds. The molecule has 0 saturated carbocycles. The lowest BCUT2D eigenvalue weighted by molar-refractivity contribution is 0.254. The Balaban J connectivity index is 2.03. The van der Waals surface area contributed by atoms with Gasteiger partial charge in [0.1, 0.15) is 11.9 Å². The minimum atomic E-state index is 0.260. The number of anilines is 1. The van der Waals surface area contributed by atoms with E-state index < -0.39 is 0 Å². The van der Waals surface area contributed by atoms with E-state index >= 15 is 0 Å². The van der Waals surface area contributed by atoms with Crippen LogP contribution in [-0.2, 0) is 6.42 Å². The van der Waals surface area contributed by atoms with Crippen LogP contribution in [0.15, 0.2) is 30.5 Å². The molecule has 1 aromatic carbocycles. The fourth-order valence-corrected chi connectivity index (χ4v) is 2.12. The Hall–Kier alpha value is -2.10. The second-order valence-electron chi connectivity index (χ2n) is 4.26. The molecule has 86 valence electrons. The fraction of sp³-hybridized carbons (Fsp3) is 0.231. The molecular weight excluding hydrogens is 214 g/mol. The normalized spacial score (nSPS) is 17.6. The van der Waals surface area contributed by atoms with Crippen molar-refractivity contribution in [2.24, 2.45) is 0 Å². The Morgan fingerprint density at radius 3 is 3.06 bits per heavy atom. The van der Waals surface area contributed by atoms with Crippen LogP contribution < -0.4 is 10.5 Å². The molecule has 0 aliphatic carbocycles. The Kier molecular flexibility index (Phi) is 2.21. The van der Waals surface area contributed by atoms with Gasteiger partial charge < -0.3 is 10.5 Å². The molecule has 1 unspecified atom stereocenters. The number of rotatable bonds is 1. The second kappa shape index (κ2) is 3.73. The average molecular weight is 227 g/mol. The first-order chi connectivity index (χ1) is 8.22. The predicted octanol–water partition coefficient (Wildman–Crippen LogP) is 2.05. The van der Waals surface area contributed by atoms with Gasteiger partial charge in [-0.25, -0.2) is 9.97 Å². The third kappa shape index (κ3) is 1.82. The molecular formula is C13H13N3O. The highest BCUT2D eigenvalue weighted by Gasteiger charge is 2.19. The van der Waals surface area contributed by atoms with Gasteiger partial charge in [-0.05, 0) is 36.8 Å². The van der Waals surface area contributed by atoms with Crippen molar-refractivity contribution in [2.45, 2.75) is 19.4 Å². The lowest BCUT2D eigenvalue weighted by atomic mass is 10.0. The zero-order valence-electron chi connectivity index (χ0n) is 9.55. The number of aromatic nitrogens is 2. The van der Waals surface area contributed by atoms with Crippen LogP contribution in [0.5, 0.6) is 5.75 Å². The molecule has 2 aromatic rings. The summed E-state index contributed by atoms with van der Waals surface area (Å²) >= 11 is 0. The molecule has 0 fully saturated rings. The molecule has 1 atom stereocenters. The molecule has 1 aliphatic heterocycles. The van der Waals surface area contributed by atoms with Crippen molar-refractivity contribution in [2.75, 3.05) is 5.73 Å². The van der Waals surface area contributed by atoms with Gasteiger partial charge in [0.25, 0.3) is 0 Å². The second-order valence-corrected chi connectivity index (χ2v) is 4.26. The number of ether oxygens (including phenoxy) is 1. The van der Waals surface area contributed by atoms with Crippen LogP contribution >= 0.6 is 0 Å². The summed E-state index contributed by atoms with van der Waals surface area (Å²) in [6.07, 6.45) is 2.88. The third-order valence-corrected chi connectivity index (χ3v) is 2.87. The number of hydrogen-bond donors (Lipinski definition) is 1. The van der Waals surface area contributed by atoms with E-state index in [2.05, 4.69) is 23.0 Å². The number of benzene rings is 1. The highest BCUT2D eigenvalue weighted by atomic mass is 16.5. The molecule has 1 aliphatic rings. The van der Waals surface area contributed by atoms with Gasteiger partial charge in [-0.2, -0.15) is 0 Å². The van der Waals surface area contributed by atoms with Crippen LogP contribution in [-0.4, -0.2) is 16.1 Å². The molecule has 4 heteroatoms. The van der Waals surface area contributed by atoms with E-state index in [4.69, 9.17) is 10.5 Å². The van der Waals surface area contributed by atoms with E-state index in [-0.39, 0.29) is 6.10 Å².